The monoisotopic (exact) mass is 356 g/mol. The van der Waals surface area contributed by atoms with Crippen molar-refractivity contribution < 1.29 is 13.2 Å². The number of nitrogens with zero attached hydrogens (tertiary/aromatic N) is 4. The van der Waals surface area contributed by atoms with Gasteiger partial charge in [0.1, 0.15) is 0 Å². The highest BCUT2D eigenvalue weighted by Crippen LogP contribution is 2.22. The van der Waals surface area contributed by atoms with Gasteiger partial charge in [-0.2, -0.15) is 22.1 Å². The average molecular weight is 356 g/mol. The lowest BCUT2D eigenvalue weighted by Crippen LogP contribution is -2.51. The summed E-state index contributed by atoms with van der Waals surface area (Å²) in [5.74, 6) is 0.271. The van der Waals surface area contributed by atoms with Gasteiger partial charge in [0.2, 0.25) is 0 Å². The van der Waals surface area contributed by atoms with Crippen LogP contribution in [0.5, 0.6) is 0 Å². The first-order valence-corrected chi connectivity index (χ1v) is 9.74. The Hall–Kier alpha value is -1.29. The molecule has 0 radical (unpaired) electrons. The van der Waals surface area contributed by atoms with Gasteiger partial charge in [-0.25, -0.2) is 4.68 Å². The standard InChI is InChI=1S/C15H24N4O4S/c1-13-2-3-15(20)19(16-13)12-14-4-6-17(7-5-14)24(21,22)18-8-10-23-11-9-18/h2-3,14H,4-12H2,1H3. The Kier molecular flexibility index (Phi) is 5.33. The second-order valence-corrected chi connectivity index (χ2v) is 8.29. The van der Waals surface area contributed by atoms with E-state index in [2.05, 4.69) is 5.10 Å². The van der Waals surface area contributed by atoms with E-state index < -0.39 is 10.2 Å². The molecule has 0 atom stereocenters. The maximum Gasteiger partial charge on any atom is 0.282 e. The van der Waals surface area contributed by atoms with Crippen LogP contribution in [-0.4, -0.2) is 66.2 Å². The largest absolute Gasteiger partial charge is 0.379 e. The molecule has 3 rings (SSSR count). The van der Waals surface area contributed by atoms with Crippen LogP contribution in [0.1, 0.15) is 18.5 Å². The van der Waals surface area contributed by atoms with E-state index in [0.29, 0.717) is 45.9 Å². The first kappa shape index (κ1) is 17.5. The number of aryl methyl sites for hydroxylation is 1. The number of hydrogen-bond acceptors (Lipinski definition) is 5. The fraction of sp³-hybridized carbons (Fsp3) is 0.733. The Morgan fingerprint density at radius 1 is 1.12 bits per heavy atom. The Morgan fingerprint density at radius 2 is 1.75 bits per heavy atom. The van der Waals surface area contributed by atoms with E-state index in [1.54, 1.807) is 10.4 Å². The van der Waals surface area contributed by atoms with Gasteiger partial charge in [0.05, 0.1) is 18.9 Å². The average Bonchev–Trinajstić information content (AvgIpc) is 2.59. The van der Waals surface area contributed by atoms with Crippen LogP contribution >= 0.6 is 0 Å². The molecule has 134 valence electrons. The molecule has 0 saturated carbocycles. The minimum Gasteiger partial charge on any atom is -0.379 e. The van der Waals surface area contributed by atoms with E-state index in [0.717, 1.165) is 18.5 Å². The summed E-state index contributed by atoms with van der Waals surface area (Å²) >= 11 is 0. The maximum absolute atomic E-state index is 12.6. The molecule has 24 heavy (non-hydrogen) atoms. The van der Waals surface area contributed by atoms with Crippen molar-refractivity contribution in [1.82, 2.24) is 18.4 Å². The lowest BCUT2D eigenvalue weighted by atomic mass is 9.98. The van der Waals surface area contributed by atoms with Crippen LogP contribution in [0, 0.1) is 12.8 Å². The Morgan fingerprint density at radius 3 is 2.42 bits per heavy atom. The second-order valence-electron chi connectivity index (χ2n) is 6.36. The lowest BCUT2D eigenvalue weighted by Gasteiger charge is -2.36. The SMILES string of the molecule is Cc1ccc(=O)n(CC2CCN(S(=O)(=O)N3CCOCC3)CC2)n1. The van der Waals surface area contributed by atoms with Crippen molar-refractivity contribution in [2.24, 2.45) is 5.92 Å². The molecule has 0 aromatic carbocycles. The Bertz CT molecular complexity index is 719. The van der Waals surface area contributed by atoms with Crippen molar-refractivity contribution in [3.63, 3.8) is 0 Å². The summed E-state index contributed by atoms with van der Waals surface area (Å²) in [4.78, 5) is 11.9. The van der Waals surface area contributed by atoms with E-state index >= 15 is 0 Å². The molecule has 1 aromatic rings. The molecule has 0 amide bonds. The van der Waals surface area contributed by atoms with E-state index in [4.69, 9.17) is 4.74 Å². The van der Waals surface area contributed by atoms with Crippen LogP contribution in [0.3, 0.4) is 0 Å². The molecule has 1 aromatic heterocycles. The summed E-state index contributed by atoms with van der Waals surface area (Å²) in [6.45, 7) is 5.14. The van der Waals surface area contributed by atoms with Crippen LogP contribution in [0.4, 0.5) is 0 Å². The Labute approximate surface area is 142 Å². The zero-order valence-electron chi connectivity index (χ0n) is 13.9. The third-order valence-electron chi connectivity index (χ3n) is 4.63. The van der Waals surface area contributed by atoms with Gasteiger partial charge in [-0.3, -0.25) is 4.79 Å². The number of piperidine rings is 1. The molecular weight excluding hydrogens is 332 g/mol. The number of hydrogen-bond donors (Lipinski definition) is 0. The van der Waals surface area contributed by atoms with Gasteiger partial charge in [-0.05, 0) is 31.7 Å². The third kappa shape index (κ3) is 3.85. The molecule has 0 bridgehead atoms. The van der Waals surface area contributed by atoms with Crippen molar-refractivity contribution in [2.75, 3.05) is 39.4 Å². The molecule has 2 aliphatic heterocycles. The van der Waals surface area contributed by atoms with Crippen LogP contribution in [-0.2, 0) is 21.5 Å². The predicted octanol–water partition coefficient (Wildman–Crippen LogP) is -0.159. The number of aromatic nitrogens is 2. The van der Waals surface area contributed by atoms with Crippen LogP contribution in [0.15, 0.2) is 16.9 Å². The zero-order valence-corrected chi connectivity index (χ0v) is 14.7. The number of rotatable bonds is 4. The van der Waals surface area contributed by atoms with E-state index in [1.807, 2.05) is 6.92 Å². The van der Waals surface area contributed by atoms with Crippen molar-refractivity contribution in [1.29, 1.82) is 0 Å². The molecule has 9 heteroatoms. The number of ether oxygens (including phenoxy) is 1. The lowest BCUT2D eigenvalue weighted by molar-refractivity contribution is 0.0691. The highest BCUT2D eigenvalue weighted by atomic mass is 32.2. The molecular formula is C15H24N4O4S. The topological polar surface area (TPSA) is 84.7 Å². The van der Waals surface area contributed by atoms with Gasteiger partial charge in [0, 0.05) is 38.8 Å². The highest BCUT2D eigenvalue weighted by Gasteiger charge is 2.33. The normalized spacial score (nSPS) is 21.9. The van der Waals surface area contributed by atoms with Crippen LogP contribution in [0.2, 0.25) is 0 Å². The molecule has 2 fully saturated rings. The summed E-state index contributed by atoms with van der Waals surface area (Å²) < 4.78 is 35.0. The third-order valence-corrected chi connectivity index (χ3v) is 6.66. The van der Waals surface area contributed by atoms with Gasteiger partial charge in [-0.15, -0.1) is 0 Å². The second kappa shape index (κ2) is 7.30. The molecule has 8 nitrogen and oxygen atoms in total. The zero-order chi connectivity index (χ0) is 17.2. The quantitative estimate of drug-likeness (QED) is 0.748. The fourth-order valence-corrected chi connectivity index (χ4v) is 4.80. The fourth-order valence-electron chi connectivity index (χ4n) is 3.19. The summed E-state index contributed by atoms with van der Waals surface area (Å²) in [5.41, 5.74) is 0.700. The summed E-state index contributed by atoms with van der Waals surface area (Å²) in [6.07, 6.45) is 1.48. The summed E-state index contributed by atoms with van der Waals surface area (Å²) in [6, 6.07) is 3.23. The van der Waals surface area contributed by atoms with Gasteiger partial charge >= 0.3 is 0 Å². The van der Waals surface area contributed by atoms with Crippen molar-refractivity contribution in [3.05, 3.63) is 28.2 Å². The van der Waals surface area contributed by atoms with Crippen molar-refractivity contribution >= 4 is 10.2 Å². The summed E-state index contributed by atoms with van der Waals surface area (Å²) in [5, 5.41) is 4.26. The number of morpholine rings is 1. The minimum atomic E-state index is -3.39. The van der Waals surface area contributed by atoms with Crippen molar-refractivity contribution in [2.45, 2.75) is 26.3 Å². The first-order chi connectivity index (χ1) is 11.5. The smallest absolute Gasteiger partial charge is 0.282 e. The highest BCUT2D eigenvalue weighted by molar-refractivity contribution is 7.86. The molecule has 0 unspecified atom stereocenters. The molecule has 0 aliphatic carbocycles. The Balaban J connectivity index is 1.59. The molecule has 0 spiro atoms. The van der Waals surface area contributed by atoms with Crippen LogP contribution < -0.4 is 5.56 Å². The van der Waals surface area contributed by atoms with Gasteiger partial charge in [0.25, 0.3) is 15.8 Å². The molecule has 3 heterocycles. The molecule has 2 aliphatic rings. The van der Waals surface area contributed by atoms with Gasteiger partial charge in [-0.1, -0.05) is 0 Å². The first-order valence-electron chi connectivity index (χ1n) is 8.34. The van der Waals surface area contributed by atoms with E-state index in [9.17, 15) is 13.2 Å². The molecule has 0 N–H and O–H groups in total. The van der Waals surface area contributed by atoms with E-state index in [-0.39, 0.29) is 11.5 Å². The molecule has 2 saturated heterocycles. The van der Waals surface area contributed by atoms with Crippen LogP contribution in [0.25, 0.3) is 0 Å². The van der Waals surface area contributed by atoms with E-state index in [1.165, 1.54) is 15.1 Å². The van der Waals surface area contributed by atoms with Gasteiger partial charge in [0.15, 0.2) is 0 Å². The van der Waals surface area contributed by atoms with Crippen molar-refractivity contribution in [3.8, 4) is 0 Å². The maximum atomic E-state index is 12.6. The predicted molar refractivity (Wildman–Crippen MR) is 88.8 cm³/mol. The minimum absolute atomic E-state index is 0.107. The summed E-state index contributed by atoms with van der Waals surface area (Å²) in [7, 11) is -3.39. The van der Waals surface area contributed by atoms with Gasteiger partial charge < -0.3 is 4.74 Å².